The van der Waals surface area contributed by atoms with Gasteiger partial charge in [0.1, 0.15) is 0 Å². The summed E-state index contributed by atoms with van der Waals surface area (Å²) in [7, 11) is -1.84. The summed E-state index contributed by atoms with van der Waals surface area (Å²) in [6.45, 7) is 2.19. The lowest BCUT2D eigenvalue weighted by molar-refractivity contribution is 0.466. The van der Waals surface area contributed by atoms with Crippen molar-refractivity contribution in [1.29, 1.82) is 0 Å². The van der Waals surface area contributed by atoms with Crippen molar-refractivity contribution in [1.82, 2.24) is 4.31 Å². The van der Waals surface area contributed by atoms with Crippen LogP contribution in [0.2, 0.25) is 0 Å². The van der Waals surface area contributed by atoms with Crippen molar-refractivity contribution in [2.45, 2.75) is 23.3 Å². The fourth-order valence-corrected chi connectivity index (χ4v) is 5.87. The van der Waals surface area contributed by atoms with E-state index in [0.29, 0.717) is 11.4 Å². The van der Waals surface area contributed by atoms with Crippen LogP contribution in [0.15, 0.2) is 43.9 Å². The molecule has 2 rings (SSSR count). The normalized spacial score (nSPS) is 12.0. The van der Waals surface area contributed by atoms with Gasteiger partial charge >= 0.3 is 0 Å². The Morgan fingerprint density at radius 1 is 1.29 bits per heavy atom. The molecule has 0 spiro atoms. The van der Waals surface area contributed by atoms with Gasteiger partial charge in [-0.15, -0.1) is 23.1 Å². The summed E-state index contributed by atoms with van der Waals surface area (Å²) >= 11 is 6.44. The van der Waals surface area contributed by atoms with Crippen molar-refractivity contribution >= 4 is 49.1 Å². The zero-order chi connectivity index (χ0) is 15.6. The lowest BCUT2D eigenvalue weighted by Crippen LogP contribution is -2.26. The number of hydrogen-bond donors (Lipinski definition) is 0. The molecule has 0 bridgehead atoms. The summed E-state index contributed by atoms with van der Waals surface area (Å²) in [4.78, 5) is 2.34. The van der Waals surface area contributed by atoms with E-state index < -0.39 is 10.0 Å². The predicted molar refractivity (Wildman–Crippen MR) is 93.6 cm³/mol. The molecule has 0 aliphatic heterocycles. The third-order valence-electron chi connectivity index (χ3n) is 3.09. The molecule has 1 aromatic heterocycles. The standard InChI is InChI=1S/C14H16BrNO2S3/c1-10-13(8-14(15)20-10)21(17,18)16(2)9-11-4-6-12(19-3)7-5-11/h4-8H,9H2,1-3H3. The van der Waals surface area contributed by atoms with Crippen molar-refractivity contribution < 1.29 is 8.42 Å². The van der Waals surface area contributed by atoms with Crippen LogP contribution in [0.25, 0.3) is 0 Å². The zero-order valence-corrected chi connectivity index (χ0v) is 16.0. The first-order valence-corrected chi connectivity index (χ1v) is 10.5. The molecular weight excluding hydrogens is 390 g/mol. The second kappa shape index (κ2) is 6.83. The Balaban J connectivity index is 2.22. The predicted octanol–water partition coefficient (Wildman–Crippen LogP) is 4.36. The molecule has 114 valence electrons. The molecular formula is C14H16BrNO2S3. The smallest absolute Gasteiger partial charge is 0.207 e. The van der Waals surface area contributed by atoms with Gasteiger partial charge in [0.15, 0.2) is 0 Å². The topological polar surface area (TPSA) is 37.4 Å². The minimum atomic E-state index is -3.45. The number of hydrogen-bond acceptors (Lipinski definition) is 4. The summed E-state index contributed by atoms with van der Waals surface area (Å²) in [6, 6.07) is 9.62. The molecule has 0 amide bonds. The van der Waals surface area contributed by atoms with Crippen LogP contribution in [-0.2, 0) is 16.6 Å². The van der Waals surface area contributed by atoms with Crippen molar-refractivity contribution in [3.8, 4) is 0 Å². The van der Waals surface area contributed by atoms with E-state index in [1.54, 1.807) is 24.9 Å². The van der Waals surface area contributed by atoms with Crippen LogP contribution < -0.4 is 0 Å². The summed E-state index contributed by atoms with van der Waals surface area (Å²) < 4.78 is 27.4. The van der Waals surface area contributed by atoms with E-state index in [-0.39, 0.29) is 0 Å². The van der Waals surface area contributed by atoms with Gasteiger partial charge in [-0.05, 0) is 52.9 Å². The minimum Gasteiger partial charge on any atom is -0.207 e. The zero-order valence-electron chi connectivity index (χ0n) is 12.0. The highest BCUT2D eigenvalue weighted by Gasteiger charge is 2.24. The molecule has 1 aromatic carbocycles. The van der Waals surface area contributed by atoms with Gasteiger partial charge in [-0.3, -0.25) is 0 Å². The summed E-state index contributed by atoms with van der Waals surface area (Å²) in [6.07, 6.45) is 2.02. The highest BCUT2D eigenvalue weighted by Crippen LogP contribution is 2.31. The highest BCUT2D eigenvalue weighted by atomic mass is 79.9. The summed E-state index contributed by atoms with van der Waals surface area (Å²) in [5.74, 6) is 0. The third kappa shape index (κ3) is 3.90. The van der Waals surface area contributed by atoms with E-state index in [4.69, 9.17) is 0 Å². The molecule has 0 aliphatic carbocycles. The Morgan fingerprint density at radius 2 is 1.90 bits per heavy atom. The number of aryl methyl sites for hydroxylation is 1. The van der Waals surface area contributed by atoms with Crippen LogP contribution in [-0.4, -0.2) is 26.0 Å². The quantitative estimate of drug-likeness (QED) is 0.693. The lowest BCUT2D eigenvalue weighted by Gasteiger charge is -2.17. The first-order chi connectivity index (χ1) is 9.84. The van der Waals surface area contributed by atoms with Gasteiger partial charge in [-0.1, -0.05) is 12.1 Å². The fourth-order valence-electron chi connectivity index (χ4n) is 1.93. The lowest BCUT2D eigenvalue weighted by atomic mass is 10.2. The summed E-state index contributed by atoms with van der Waals surface area (Å²) in [5.41, 5.74) is 0.978. The van der Waals surface area contributed by atoms with Crippen molar-refractivity contribution in [2.75, 3.05) is 13.3 Å². The van der Waals surface area contributed by atoms with Crippen LogP contribution in [0.5, 0.6) is 0 Å². The van der Waals surface area contributed by atoms with Crippen molar-refractivity contribution in [3.63, 3.8) is 0 Å². The highest BCUT2D eigenvalue weighted by molar-refractivity contribution is 9.11. The molecule has 0 N–H and O–H groups in total. The van der Waals surface area contributed by atoms with E-state index in [2.05, 4.69) is 15.9 Å². The van der Waals surface area contributed by atoms with Gasteiger partial charge in [0.25, 0.3) is 0 Å². The number of rotatable bonds is 5. The molecule has 0 unspecified atom stereocenters. The average molecular weight is 406 g/mol. The molecule has 7 heteroatoms. The van der Waals surface area contributed by atoms with Gasteiger partial charge in [-0.2, -0.15) is 4.31 Å². The second-order valence-corrected chi connectivity index (χ2v) is 10.1. The third-order valence-corrected chi connectivity index (χ3v) is 7.45. The van der Waals surface area contributed by atoms with Gasteiger partial charge in [0.2, 0.25) is 10.0 Å². The molecule has 1 heterocycles. The van der Waals surface area contributed by atoms with E-state index in [9.17, 15) is 8.42 Å². The van der Waals surface area contributed by atoms with Gasteiger partial charge < -0.3 is 0 Å². The molecule has 0 radical (unpaired) electrons. The number of thiophene rings is 1. The largest absolute Gasteiger partial charge is 0.244 e. The van der Waals surface area contributed by atoms with Gasteiger partial charge in [0.05, 0.1) is 8.68 Å². The van der Waals surface area contributed by atoms with Crippen LogP contribution >= 0.6 is 39.0 Å². The Hall–Kier alpha value is -0.340. The fraction of sp³-hybridized carbons (Fsp3) is 0.286. The molecule has 21 heavy (non-hydrogen) atoms. The Kier molecular flexibility index (Phi) is 5.54. The van der Waals surface area contributed by atoms with E-state index in [1.165, 1.54) is 20.5 Å². The van der Waals surface area contributed by atoms with Crippen LogP contribution in [0.1, 0.15) is 10.4 Å². The maximum atomic E-state index is 12.6. The average Bonchev–Trinajstić information content (AvgIpc) is 2.79. The van der Waals surface area contributed by atoms with E-state index >= 15 is 0 Å². The maximum Gasteiger partial charge on any atom is 0.244 e. The monoisotopic (exact) mass is 405 g/mol. The molecule has 0 atom stereocenters. The number of nitrogens with zero attached hydrogens (tertiary/aromatic N) is 1. The molecule has 0 fully saturated rings. The van der Waals surface area contributed by atoms with E-state index in [0.717, 1.165) is 14.2 Å². The van der Waals surface area contributed by atoms with Gasteiger partial charge in [-0.25, -0.2) is 8.42 Å². The van der Waals surface area contributed by atoms with Crippen molar-refractivity contribution in [2.24, 2.45) is 0 Å². The summed E-state index contributed by atoms with van der Waals surface area (Å²) in [5, 5.41) is 0. The van der Waals surface area contributed by atoms with Crippen molar-refractivity contribution in [3.05, 3.63) is 44.6 Å². The van der Waals surface area contributed by atoms with Gasteiger partial charge in [0, 0.05) is 23.4 Å². The molecule has 2 aromatic rings. The van der Waals surface area contributed by atoms with Crippen LogP contribution in [0.4, 0.5) is 0 Å². The minimum absolute atomic E-state index is 0.365. The molecule has 0 aliphatic rings. The number of thioether (sulfide) groups is 1. The maximum absolute atomic E-state index is 12.6. The number of sulfonamides is 1. The Morgan fingerprint density at radius 3 is 2.38 bits per heavy atom. The van der Waals surface area contributed by atoms with Crippen LogP contribution in [0.3, 0.4) is 0 Å². The molecule has 3 nitrogen and oxygen atoms in total. The number of halogens is 1. The Labute approximate surface area is 142 Å². The first-order valence-electron chi connectivity index (χ1n) is 6.20. The van der Waals surface area contributed by atoms with Crippen LogP contribution in [0, 0.1) is 6.92 Å². The van der Waals surface area contributed by atoms with E-state index in [1.807, 2.05) is 37.4 Å². The first kappa shape index (κ1) is 17.0. The molecule has 0 saturated heterocycles. The second-order valence-electron chi connectivity index (χ2n) is 4.58. The number of benzene rings is 1. The Bertz CT molecular complexity index is 723. The SMILES string of the molecule is CSc1ccc(CN(C)S(=O)(=O)c2cc(Br)sc2C)cc1. The molecule has 0 saturated carbocycles.